The van der Waals surface area contributed by atoms with Crippen LogP contribution in [0.1, 0.15) is 34.7 Å². The van der Waals surface area contributed by atoms with Gasteiger partial charge in [0.05, 0.1) is 17.7 Å². The highest BCUT2D eigenvalue weighted by atomic mass is 15.0. The summed E-state index contributed by atoms with van der Waals surface area (Å²) in [6, 6.07) is 18.2. The first kappa shape index (κ1) is 13.2. The molecule has 0 radical (unpaired) electrons. The second kappa shape index (κ2) is 5.30. The number of fused-ring (bicyclic) bond motifs is 1. The normalized spacial score (nSPS) is 16.0. The van der Waals surface area contributed by atoms with Crippen molar-refractivity contribution in [2.75, 3.05) is 0 Å². The zero-order valence-corrected chi connectivity index (χ0v) is 11.8. The van der Waals surface area contributed by atoms with Gasteiger partial charge in [-0.1, -0.05) is 49.6 Å². The van der Waals surface area contributed by atoms with Crippen molar-refractivity contribution in [3.63, 3.8) is 0 Å². The van der Waals surface area contributed by atoms with E-state index in [1.54, 1.807) is 0 Å². The lowest BCUT2D eigenvalue weighted by Gasteiger charge is -2.15. The Morgan fingerprint density at radius 2 is 2.00 bits per heavy atom. The van der Waals surface area contributed by atoms with Gasteiger partial charge in [-0.3, -0.25) is 0 Å². The average Bonchev–Trinajstić information content (AvgIpc) is 2.84. The van der Waals surface area contributed by atoms with Gasteiger partial charge in [-0.15, -0.1) is 0 Å². The van der Waals surface area contributed by atoms with Crippen LogP contribution in [0.15, 0.2) is 61.7 Å². The molecule has 2 heteroatoms. The Hall–Kier alpha value is -2.79. The van der Waals surface area contributed by atoms with Gasteiger partial charge in [0.15, 0.2) is 0 Å². The third-order valence-electron chi connectivity index (χ3n) is 3.86. The predicted molar refractivity (Wildman–Crippen MR) is 86.2 cm³/mol. The number of benzene rings is 2. The van der Waals surface area contributed by atoms with Crippen LogP contribution in [0.4, 0.5) is 0 Å². The topological polar surface area (TPSA) is 35.8 Å². The van der Waals surface area contributed by atoms with Crippen molar-refractivity contribution in [1.29, 1.82) is 5.26 Å². The minimum absolute atomic E-state index is 0.201. The van der Waals surface area contributed by atoms with Crippen molar-refractivity contribution in [3.05, 3.63) is 83.9 Å². The van der Waals surface area contributed by atoms with Gasteiger partial charge in [0.25, 0.3) is 0 Å². The second-order valence-corrected chi connectivity index (χ2v) is 5.26. The van der Waals surface area contributed by atoms with Crippen LogP contribution in [0, 0.1) is 11.3 Å². The maximum atomic E-state index is 8.99. The van der Waals surface area contributed by atoms with Crippen LogP contribution in [-0.4, -0.2) is 0 Å². The average molecular weight is 272 g/mol. The summed E-state index contributed by atoms with van der Waals surface area (Å²) in [5.41, 5.74) is 6.12. The second-order valence-electron chi connectivity index (χ2n) is 5.26. The third kappa shape index (κ3) is 2.46. The number of nitrogens with zero attached hydrogens (tertiary/aromatic N) is 1. The molecule has 1 N–H and O–H groups in total. The first-order valence-corrected chi connectivity index (χ1v) is 6.92. The molecule has 21 heavy (non-hydrogen) atoms. The summed E-state index contributed by atoms with van der Waals surface area (Å²) in [5, 5.41) is 12.4. The van der Waals surface area contributed by atoms with Crippen molar-refractivity contribution < 1.29 is 0 Å². The lowest BCUT2D eigenvalue weighted by Crippen LogP contribution is -2.11. The van der Waals surface area contributed by atoms with Crippen LogP contribution >= 0.6 is 0 Å². The number of hydrogen-bond acceptors (Lipinski definition) is 2. The van der Waals surface area contributed by atoms with Crippen LogP contribution in [0.25, 0.3) is 11.3 Å². The van der Waals surface area contributed by atoms with E-state index in [4.69, 9.17) is 5.26 Å². The summed E-state index contributed by atoms with van der Waals surface area (Å²) in [4.78, 5) is 0. The summed E-state index contributed by atoms with van der Waals surface area (Å²) in [6.07, 6.45) is 0.797. The molecule has 1 unspecified atom stereocenters. The molecule has 1 aliphatic rings. The van der Waals surface area contributed by atoms with Crippen molar-refractivity contribution in [3.8, 4) is 6.07 Å². The van der Waals surface area contributed by atoms with E-state index in [1.807, 2.05) is 36.4 Å². The molecule has 2 aromatic carbocycles. The fraction of sp³-hybridized carbons (Fsp3) is 0.105. The molecule has 0 bridgehead atoms. The summed E-state index contributed by atoms with van der Waals surface area (Å²) in [5.74, 6) is 0. The molecule has 2 aromatic rings. The van der Waals surface area contributed by atoms with Crippen molar-refractivity contribution >= 4 is 11.3 Å². The molecule has 1 heterocycles. The molecule has 0 fully saturated rings. The minimum Gasteiger partial charge on any atom is -0.378 e. The standard InChI is InChI=1S/C19H16N2/c1-13(16-7-5-6-15(11-16)12-20)10-19-18-9-4-3-8-17(18)14(2)21-19/h3-9,11,19,21H,1-2,10H2. The lowest BCUT2D eigenvalue weighted by molar-refractivity contribution is 0.683. The van der Waals surface area contributed by atoms with Crippen molar-refractivity contribution in [2.45, 2.75) is 12.5 Å². The highest BCUT2D eigenvalue weighted by molar-refractivity contribution is 5.73. The Labute approximate surface area is 125 Å². The molecule has 0 aliphatic carbocycles. The Morgan fingerprint density at radius 1 is 1.19 bits per heavy atom. The molecule has 3 rings (SSSR count). The van der Waals surface area contributed by atoms with Crippen LogP contribution in [0.2, 0.25) is 0 Å². The molecule has 0 saturated heterocycles. The predicted octanol–water partition coefficient (Wildman–Crippen LogP) is 4.28. The fourth-order valence-electron chi connectivity index (χ4n) is 2.78. The van der Waals surface area contributed by atoms with E-state index in [0.29, 0.717) is 5.56 Å². The summed E-state index contributed by atoms with van der Waals surface area (Å²) >= 11 is 0. The van der Waals surface area contributed by atoms with Crippen LogP contribution in [0.3, 0.4) is 0 Å². The minimum atomic E-state index is 0.201. The van der Waals surface area contributed by atoms with E-state index < -0.39 is 0 Å². The van der Waals surface area contributed by atoms with Gasteiger partial charge < -0.3 is 5.32 Å². The van der Waals surface area contributed by atoms with E-state index in [9.17, 15) is 0 Å². The molecule has 0 spiro atoms. The van der Waals surface area contributed by atoms with Gasteiger partial charge >= 0.3 is 0 Å². The molecule has 0 aromatic heterocycles. The zero-order chi connectivity index (χ0) is 14.8. The summed E-state index contributed by atoms with van der Waals surface area (Å²) in [6.45, 7) is 8.25. The monoisotopic (exact) mass is 272 g/mol. The smallest absolute Gasteiger partial charge is 0.0991 e. The van der Waals surface area contributed by atoms with Gasteiger partial charge in [-0.05, 0) is 35.3 Å². The first-order valence-electron chi connectivity index (χ1n) is 6.92. The Balaban J connectivity index is 1.83. The van der Waals surface area contributed by atoms with E-state index in [0.717, 1.165) is 23.3 Å². The third-order valence-corrected chi connectivity index (χ3v) is 3.86. The molecule has 1 atom stereocenters. The van der Waals surface area contributed by atoms with Gasteiger partial charge in [0, 0.05) is 11.3 Å². The SMILES string of the molecule is C=C(CC1NC(=C)c2ccccc21)c1cccc(C#N)c1. The van der Waals surface area contributed by atoms with E-state index in [2.05, 4.69) is 36.7 Å². The van der Waals surface area contributed by atoms with Crippen molar-refractivity contribution in [1.82, 2.24) is 5.32 Å². The molecule has 1 aliphatic heterocycles. The van der Waals surface area contributed by atoms with Gasteiger partial charge in [-0.2, -0.15) is 5.26 Å². The Bertz CT molecular complexity index is 765. The highest BCUT2D eigenvalue weighted by Gasteiger charge is 2.24. The molecule has 0 saturated carbocycles. The maximum Gasteiger partial charge on any atom is 0.0991 e. The number of nitriles is 1. The van der Waals surface area contributed by atoms with Crippen LogP contribution in [0.5, 0.6) is 0 Å². The fourth-order valence-corrected chi connectivity index (χ4v) is 2.78. The highest BCUT2D eigenvalue weighted by Crippen LogP contribution is 2.36. The zero-order valence-electron chi connectivity index (χ0n) is 11.8. The summed E-state index contributed by atoms with van der Waals surface area (Å²) < 4.78 is 0. The van der Waals surface area contributed by atoms with E-state index >= 15 is 0 Å². The Kier molecular flexibility index (Phi) is 3.33. The van der Waals surface area contributed by atoms with E-state index in [1.165, 1.54) is 11.1 Å². The van der Waals surface area contributed by atoms with Crippen LogP contribution in [-0.2, 0) is 0 Å². The maximum absolute atomic E-state index is 8.99. The molecule has 0 amide bonds. The number of hydrogen-bond donors (Lipinski definition) is 1. The summed E-state index contributed by atoms with van der Waals surface area (Å²) in [7, 11) is 0. The molecular formula is C19H16N2. The van der Waals surface area contributed by atoms with Crippen LogP contribution < -0.4 is 5.32 Å². The first-order chi connectivity index (χ1) is 10.2. The Morgan fingerprint density at radius 3 is 2.81 bits per heavy atom. The quantitative estimate of drug-likeness (QED) is 0.905. The molecular weight excluding hydrogens is 256 g/mol. The van der Waals surface area contributed by atoms with Gasteiger partial charge in [0.2, 0.25) is 0 Å². The lowest BCUT2D eigenvalue weighted by atomic mass is 9.95. The number of rotatable bonds is 3. The molecule has 102 valence electrons. The largest absolute Gasteiger partial charge is 0.378 e. The van der Waals surface area contributed by atoms with Gasteiger partial charge in [-0.25, -0.2) is 0 Å². The number of nitrogens with one attached hydrogen (secondary N) is 1. The van der Waals surface area contributed by atoms with Crippen molar-refractivity contribution in [2.24, 2.45) is 0 Å². The molecule has 2 nitrogen and oxygen atoms in total. The van der Waals surface area contributed by atoms with Gasteiger partial charge in [0.1, 0.15) is 0 Å². The van der Waals surface area contributed by atoms with E-state index in [-0.39, 0.29) is 6.04 Å².